The van der Waals surface area contributed by atoms with E-state index in [0.717, 1.165) is 44.2 Å². The molecule has 0 aliphatic carbocycles. The van der Waals surface area contributed by atoms with Crippen LogP contribution in [0.15, 0.2) is 48.5 Å². The Morgan fingerprint density at radius 1 is 1.15 bits per heavy atom. The molecule has 1 saturated heterocycles. The van der Waals surface area contributed by atoms with E-state index in [4.69, 9.17) is 26.1 Å². The van der Waals surface area contributed by atoms with Crippen LogP contribution in [0.1, 0.15) is 54.8 Å². The summed E-state index contributed by atoms with van der Waals surface area (Å²) in [7, 11) is 0. The van der Waals surface area contributed by atoms with Crippen LogP contribution >= 0.6 is 11.6 Å². The van der Waals surface area contributed by atoms with Crippen LogP contribution in [0.5, 0.6) is 5.75 Å². The van der Waals surface area contributed by atoms with Crippen molar-refractivity contribution in [3.8, 4) is 17.0 Å². The molecule has 0 spiro atoms. The molecule has 0 bridgehead atoms. The minimum atomic E-state index is -0.433. The third kappa shape index (κ3) is 4.98. The molecule has 2 heterocycles. The summed E-state index contributed by atoms with van der Waals surface area (Å²) in [6, 6.07) is 15.7. The number of nitrogens with zero attached hydrogens (tertiary/aromatic N) is 1. The van der Waals surface area contributed by atoms with Crippen molar-refractivity contribution in [2.45, 2.75) is 52.7 Å². The van der Waals surface area contributed by atoms with Crippen molar-refractivity contribution in [3.63, 3.8) is 0 Å². The summed E-state index contributed by atoms with van der Waals surface area (Å²) in [4.78, 5) is 16.6. The summed E-state index contributed by atoms with van der Waals surface area (Å²) < 4.78 is 11.4. The summed E-state index contributed by atoms with van der Waals surface area (Å²) in [5.41, 5.74) is 6.54. The molecule has 0 saturated carbocycles. The highest BCUT2D eigenvalue weighted by atomic mass is 35.5. The number of pyridine rings is 1. The summed E-state index contributed by atoms with van der Waals surface area (Å²) in [6.45, 7) is 11.1. The number of hydrogen-bond acceptors (Lipinski definition) is 4. The van der Waals surface area contributed by atoms with Gasteiger partial charge in [-0.05, 0) is 42.0 Å². The molecule has 0 radical (unpaired) electrons. The number of nitrogens with one attached hydrogen (secondary N) is 1. The van der Waals surface area contributed by atoms with Crippen LogP contribution in [0, 0.1) is 13.8 Å². The first-order valence-corrected chi connectivity index (χ1v) is 11.4. The Bertz CT molecular complexity index is 1190. The van der Waals surface area contributed by atoms with E-state index in [9.17, 15) is 4.79 Å². The Balaban J connectivity index is 1.78. The largest absolute Gasteiger partial charge is 0.488 e. The van der Waals surface area contributed by atoms with Crippen LogP contribution in [-0.4, -0.2) is 17.7 Å². The number of ether oxygens (including phenoxy) is 2. The lowest BCUT2D eigenvalue weighted by molar-refractivity contribution is 0.176. The second-order valence-corrected chi connectivity index (χ2v) is 9.88. The van der Waals surface area contributed by atoms with Gasteiger partial charge in [0.05, 0.1) is 11.7 Å². The van der Waals surface area contributed by atoms with Crippen LogP contribution in [0.25, 0.3) is 11.3 Å². The van der Waals surface area contributed by atoms with Crippen LogP contribution in [0.3, 0.4) is 0 Å². The average Bonchev–Trinajstić information content (AvgIpc) is 3.18. The average molecular weight is 465 g/mol. The molecule has 0 unspecified atom stereocenters. The SMILES string of the molecule is Cc1cc(C(C)(C)C)c(Cl)cc1-c1cc(OCc2ccccc2)c([C@H]2COC(=O)N2)c(C)n1. The van der Waals surface area contributed by atoms with Crippen molar-refractivity contribution in [1.82, 2.24) is 10.3 Å². The van der Waals surface area contributed by atoms with Crippen LogP contribution < -0.4 is 10.1 Å². The third-order valence-corrected chi connectivity index (χ3v) is 6.18. The van der Waals surface area contributed by atoms with Gasteiger partial charge in [-0.1, -0.05) is 68.8 Å². The summed E-state index contributed by atoms with van der Waals surface area (Å²) in [6.07, 6.45) is -0.433. The van der Waals surface area contributed by atoms with Gasteiger partial charge in [-0.3, -0.25) is 4.98 Å². The smallest absolute Gasteiger partial charge is 0.407 e. The molecule has 172 valence electrons. The van der Waals surface area contributed by atoms with Crippen molar-refractivity contribution in [1.29, 1.82) is 0 Å². The van der Waals surface area contributed by atoms with Gasteiger partial charge in [-0.25, -0.2) is 4.79 Å². The molecule has 1 atom stereocenters. The lowest BCUT2D eigenvalue weighted by Crippen LogP contribution is -2.20. The fraction of sp³-hybridized carbons (Fsp3) is 0.333. The quantitative estimate of drug-likeness (QED) is 0.457. The van der Waals surface area contributed by atoms with Crippen molar-refractivity contribution in [2.75, 3.05) is 6.61 Å². The maximum absolute atomic E-state index is 11.7. The van der Waals surface area contributed by atoms with Crippen LogP contribution in [0.4, 0.5) is 4.79 Å². The highest BCUT2D eigenvalue weighted by Crippen LogP contribution is 2.38. The molecular formula is C27H29ClN2O3. The molecule has 1 aliphatic rings. The van der Waals surface area contributed by atoms with Crippen molar-refractivity contribution in [3.05, 3.63) is 81.5 Å². The number of aryl methyl sites for hydroxylation is 2. The first-order valence-electron chi connectivity index (χ1n) is 11.1. The van der Waals surface area contributed by atoms with Crippen molar-refractivity contribution >= 4 is 17.7 Å². The minimum Gasteiger partial charge on any atom is -0.488 e. The fourth-order valence-corrected chi connectivity index (χ4v) is 4.59. The first-order chi connectivity index (χ1) is 15.6. The standard InChI is InChI=1S/C27H29ClN2O3/c1-16-11-20(27(3,4)5)21(28)12-19(16)22-13-24(32-14-18-9-7-6-8-10-18)25(17(2)29-22)23-15-33-26(31)30-23/h6-13,23H,14-15H2,1-5H3,(H,30,31)/t23-/m1/s1. The van der Waals surface area contributed by atoms with E-state index in [2.05, 4.69) is 39.1 Å². The maximum Gasteiger partial charge on any atom is 0.407 e. The Labute approximate surface area is 200 Å². The van der Waals surface area contributed by atoms with Gasteiger partial charge in [0.15, 0.2) is 0 Å². The molecule has 1 aromatic heterocycles. The van der Waals surface area contributed by atoms with Gasteiger partial charge < -0.3 is 14.8 Å². The van der Waals surface area contributed by atoms with E-state index in [1.54, 1.807) is 0 Å². The van der Waals surface area contributed by atoms with Gasteiger partial charge in [-0.15, -0.1) is 0 Å². The predicted octanol–water partition coefficient (Wildman–Crippen LogP) is 6.68. The lowest BCUT2D eigenvalue weighted by Gasteiger charge is -2.23. The van der Waals surface area contributed by atoms with Crippen LogP contribution in [0.2, 0.25) is 5.02 Å². The second-order valence-electron chi connectivity index (χ2n) is 9.47. The number of hydrogen-bond donors (Lipinski definition) is 1. The fourth-order valence-electron chi connectivity index (χ4n) is 4.14. The molecule has 1 N–H and O–H groups in total. The number of halogens is 1. The van der Waals surface area contributed by atoms with E-state index in [0.29, 0.717) is 12.4 Å². The summed E-state index contributed by atoms with van der Waals surface area (Å²) in [5.74, 6) is 0.674. The van der Waals surface area contributed by atoms with Gasteiger partial charge in [0.25, 0.3) is 0 Å². The predicted molar refractivity (Wildman–Crippen MR) is 131 cm³/mol. The van der Waals surface area contributed by atoms with E-state index < -0.39 is 6.09 Å². The first kappa shape index (κ1) is 23.1. The molecule has 3 aromatic rings. The minimum absolute atomic E-state index is 0.0573. The number of aromatic nitrogens is 1. The Morgan fingerprint density at radius 3 is 2.52 bits per heavy atom. The Morgan fingerprint density at radius 2 is 1.88 bits per heavy atom. The number of carbonyl (C=O) groups is 1. The van der Waals surface area contributed by atoms with E-state index in [1.807, 2.05) is 49.4 Å². The van der Waals surface area contributed by atoms with Gasteiger partial charge in [-0.2, -0.15) is 0 Å². The molecule has 33 heavy (non-hydrogen) atoms. The zero-order valence-corrected chi connectivity index (χ0v) is 20.4. The zero-order valence-electron chi connectivity index (χ0n) is 19.7. The lowest BCUT2D eigenvalue weighted by atomic mass is 9.85. The summed E-state index contributed by atoms with van der Waals surface area (Å²) in [5, 5.41) is 3.57. The monoisotopic (exact) mass is 464 g/mol. The van der Waals surface area contributed by atoms with Gasteiger partial charge in [0.2, 0.25) is 0 Å². The normalized spacial score (nSPS) is 15.8. The van der Waals surface area contributed by atoms with E-state index >= 15 is 0 Å². The number of alkyl carbamates (subject to hydrolysis) is 1. The maximum atomic E-state index is 11.7. The molecule has 1 aliphatic heterocycles. The molecule has 6 heteroatoms. The van der Waals surface area contributed by atoms with Crippen molar-refractivity contribution in [2.24, 2.45) is 0 Å². The van der Waals surface area contributed by atoms with Gasteiger partial charge >= 0.3 is 6.09 Å². The Hall–Kier alpha value is -3.05. The number of cyclic esters (lactones) is 1. The molecular weight excluding hydrogens is 436 g/mol. The Kier molecular flexibility index (Phi) is 6.35. The van der Waals surface area contributed by atoms with Crippen molar-refractivity contribution < 1.29 is 14.3 Å². The third-order valence-electron chi connectivity index (χ3n) is 5.87. The zero-order chi connectivity index (χ0) is 23.8. The highest BCUT2D eigenvalue weighted by molar-refractivity contribution is 6.31. The van der Waals surface area contributed by atoms with Gasteiger partial charge in [0, 0.05) is 27.9 Å². The van der Waals surface area contributed by atoms with E-state index in [-0.39, 0.29) is 18.1 Å². The number of rotatable bonds is 5. The highest BCUT2D eigenvalue weighted by Gasteiger charge is 2.30. The molecule has 1 fully saturated rings. The second kappa shape index (κ2) is 9.06. The molecule has 5 nitrogen and oxygen atoms in total. The van der Waals surface area contributed by atoms with Gasteiger partial charge in [0.1, 0.15) is 19.0 Å². The summed E-state index contributed by atoms with van der Waals surface area (Å²) >= 11 is 6.68. The molecule has 1 amide bonds. The van der Waals surface area contributed by atoms with Crippen LogP contribution in [-0.2, 0) is 16.8 Å². The molecule has 2 aromatic carbocycles. The van der Waals surface area contributed by atoms with E-state index in [1.165, 1.54) is 0 Å². The number of benzene rings is 2. The number of carbonyl (C=O) groups excluding carboxylic acids is 1. The number of amides is 1. The molecule has 4 rings (SSSR count). The topological polar surface area (TPSA) is 60.5 Å².